The molecular weight excluding hydrogens is 296 g/mol. The van der Waals surface area contributed by atoms with Crippen molar-refractivity contribution in [2.24, 2.45) is 0 Å². The molecule has 88 valence electrons. The SMILES string of the molecule is Brc1cccc(C2(Cc3cncs3)CNC2)c1. The van der Waals surface area contributed by atoms with Crippen molar-refractivity contribution in [1.29, 1.82) is 0 Å². The van der Waals surface area contributed by atoms with Crippen molar-refractivity contribution in [3.05, 3.63) is 50.9 Å². The fraction of sp³-hybridized carbons (Fsp3) is 0.308. The van der Waals surface area contributed by atoms with Crippen molar-refractivity contribution in [2.75, 3.05) is 13.1 Å². The van der Waals surface area contributed by atoms with E-state index in [1.54, 1.807) is 11.3 Å². The molecule has 0 radical (unpaired) electrons. The fourth-order valence-electron chi connectivity index (χ4n) is 2.34. The summed E-state index contributed by atoms with van der Waals surface area (Å²) in [5.41, 5.74) is 3.59. The second-order valence-electron chi connectivity index (χ2n) is 4.54. The second-order valence-corrected chi connectivity index (χ2v) is 6.43. The Kier molecular flexibility index (Phi) is 3.03. The van der Waals surface area contributed by atoms with Crippen molar-refractivity contribution in [3.8, 4) is 0 Å². The Labute approximate surface area is 113 Å². The topological polar surface area (TPSA) is 24.9 Å². The van der Waals surface area contributed by atoms with Crippen LogP contribution < -0.4 is 5.32 Å². The highest BCUT2D eigenvalue weighted by Gasteiger charge is 2.39. The number of rotatable bonds is 3. The Bertz CT molecular complexity index is 506. The molecular formula is C13H13BrN2S. The molecule has 0 saturated carbocycles. The Morgan fingerprint density at radius 3 is 2.88 bits per heavy atom. The molecule has 2 aromatic rings. The lowest BCUT2D eigenvalue weighted by atomic mass is 9.72. The van der Waals surface area contributed by atoms with E-state index in [-0.39, 0.29) is 5.41 Å². The van der Waals surface area contributed by atoms with Crippen LogP contribution in [0, 0.1) is 0 Å². The highest BCUT2D eigenvalue weighted by molar-refractivity contribution is 9.10. The molecule has 1 N–H and O–H groups in total. The van der Waals surface area contributed by atoms with Gasteiger partial charge in [-0.3, -0.25) is 4.98 Å². The molecule has 1 saturated heterocycles. The van der Waals surface area contributed by atoms with Crippen LogP contribution in [0.25, 0.3) is 0 Å². The maximum atomic E-state index is 4.16. The van der Waals surface area contributed by atoms with Gasteiger partial charge in [0.25, 0.3) is 0 Å². The van der Waals surface area contributed by atoms with E-state index < -0.39 is 0 Å². The zero-order valence-corrected chi connectivity index (χ0v) is 11.7. The molecule has 0 unspecified atom stereocenters. The van der Waals surface area contributed by atoms with Gasteiger partial charge in [-0.15, -0.1) is 11.3 Å². The Morgan fingerprint density at radius 2 is 2.29 bits per heavy atom. The highest BCUT2D eigenvalue weighted by atomic mass is 79.9. The van der Waals surface area contributed by atoms with Gasteiger partial charge in [0.15, 0.2) is 0 Å². The van der Waals surface area contributed by atoms with Crippen molar-refractivity contribution in [3.63, 3.8) is 0 Å². The van der Waals surface area contributed by atoms with E-state index in [9.17, 15) is 0 Å². The maximum Gasteiger partial charge on any atom is 0.0794 e. The monoisotopic (exact) mass is 308 g/mol. The molecule has 17 heavy (non-hydrogen) atoms. The molecule has 1 aromatic carbocycles. The number of hydrogen-bond donors (Lipinski definition) is 1. The van der Waals surface area contributed by atoms with E-state index >= 15 is 0 Å². The zero-order valence-electron chi connectivity index (χ0n) is 9.32. The zero-order chi connectivity index (χ0) is 11.7. The Hall–Kier alpha value is -0.710. The third-order valence-electron chi connectivity index (χ3n) is 3.36. The van der Waals surface area contributed by atoms with Gasteiger partial charge in [-0.05, 0) is 24.1 Å². The first-order chi connectivity index (χ1) is 8.28. The van der Waals surface area contributed by atoms with E-state index in [0.717, 1.165) is 24.0 Å². The Balaban J connectivity index is 1.92. The normalized spacial score (nSPS) is 17.7. The quantitative estimate of drug-likeness (QED) is 0.943. The summed E-state index contributed by atoms with van der Waals surface area (Å²) in [4.78, 5) is 5.53. The molecule has 1 aliphatic heterocycles. The molecule has 4 heteroatoms. The number of halogens is 1. The lowest BCUT2D eigenvalue weighted by molar-refractivity contribution is 0.276. The van der Waals surface area contributed by atoms with Gasteiger partial charge in [0.05, 0.1) is 5.51 Å². The first-order valence-electron chi connectivity index (χ1n) is 5.63. The third kappa shape index (κ3) is 2.17. The van der Waals surface area contributed by atoms with E-state index in [1.807, 2.05) is 11.7 Å². The summed E-state index contributed by atoms with van der Waals surface area (Å²) in [5.74, 6) is 0. The van der Waals surface area contributed by atoms with Gasteiger partial charge in [-0.25, -0.2) is 0 Å². The molecule has 0 bridgehead atoms. The van der Waals surface area contributed by atoms with Crippen LogP contribution in [0.1, 0.15) is 10.4 Å². The predicted octanol–water partition coefficient (Wildman–Crippen LogP) is 2.99. The minimum absolute atomic E-state index is 0.260. The van der Waals surface area contributed by atoms with Crippen LogP contribution in [0.5, 0.6) is 0 Å². The van der Waals surface area contributed by atoms with Gasteiger partial charge in [0.2, 0.25) is 0 Å². The molecule has 3 rings (SSSR count). The maximum absolute atomic E-state index is 4.16. The smallest absolute Gasteiger partial charge is 0.0794 e. The van der Waals surface area contributed by atoms with Crippen LogP contribution in [0.3, 0.4) is 0 Å². The Morgan fingerprint density at radius 1 is 1.41 bits per heavy atom. The van der Waals surface area contributed by atoms with E-state index in [2.05, 4.69) is 50.5 Å². The largest absolute Gasteiger partial charge is 0.315 e. The highest BCUT2D eigenvalue weighted by Crippen LogP contribution is 2.34. The summed E-state index contributed by atoms with van der Waals surface area (Å²) < 4.78 is 1.16. The molecule has 0 aliphatic carbocycles. The van der Waals surface area contributed by atoms with Crippen molar-refractivity contribution in [2.45, 2.75) is 11.8 Å². The number of nitrogens with one attached hydrogen (secondary N) is 1. The van der Waals surface area contributed by atoms with Crippen LogP contribution in [-0.4, -0.2) is 18.1 Å². The minimum Gasteiger partial charge on any atom is -0.315 e. The number of aromatic nitrogens is 1. The summed E-state index contributed by atoms with van der Waals surface area (Å²) in [5, 5.41) is 3.40. The average Bonchev–Trinajstić information content (AvgIpc) is 2.76. The molecule has 1 aliphatic rings. The van der Waals surface area contributed by atoms with Crippen molar-refractivity contribution in [1.82, 2.24) is 10.3 Å². The summed E-state index contributed by atoms with van der Waals surface area (Å²) in [6.07, 6.45) is 3.07. The van der Waals surface area contributed by atoms with E-state index in [0.29, 0.717) is 0 Å². The summed E-state index contributed by atoms with van der Waals surface area (Å²) in [6.45, 7) is 2.11. The molecule has 0 amide bonds. The molecule has 1 aromatic heterocycles. The van der Waals surface area contributed by atoms with Crippen LogP contribution in [0.2, 0.25) is 0 Å². The van der Waals surface area contributed by atoms with Crippen molar-refractivity contribution >= 4 is 27.3 Å². The average molecular weight is 309 g/mol. The molecule has 0 spiro atoms. The number of hydrogen-bond acceptors (Lipinski definition) is 3. The fourth-order valence-corrected chi connectivity index (χ4v) is 3.48. The van der Waals surface area contributed by atoms with Gasteiger partial charge in [-0.2, -0.15) is 0 Å². The van der Waals surface area contributed by atoms with Gasteiger partial charge in [0, 0.05) is 34.1 Å². The van der Waals surface area contributed by atoms with Gasteiger partial charge >= 0.3 is 0 Å². The molecule has 2 nitrogen and oxygen atoms in total. The first-order valence-corrected chi connectivity index (χ1v) is 7.30. The standard InChI is InChI=1S/C13H13BrN2S/c14-11-3-1-2-10(4-11)13(7-16-8-13)5-12-6-15-9-17-12/h1-4,6,9,16H,5,7-8H2. The van der Waals surface area contributed by atoms with Crippen molar-refractivity contribution < 1.29 is 0 Å². The molecule has 1 fully saturated rings. The summed E-state index contributed by atoms with van der Waals surface area (Å²) in [6, 6.07) is 8.66. The minimum atomic E-state index is 0.260. The predicted molar refractivity (Wildman–Crippen MR) is 74.5 cm³/mol. The number of benzene rings is 1. The van der Waals surface area contributed by atoms with Crippen LogP contribution >= 0.6 is 27.3 Å². The lowest BCUT2D eigenvalue weighted by Gasteiger charge is -2.43. The first kappa shape index (κ1) is 11.4. The van der Waals surface area contributed by atoms with Gasteiger partial charge in [0.1, 0.15) is 0 Å². The molecule has 2 heterocycles. The number of thiazole rings is 1. The second kappa shape index (κ2) is 4.52. The van der Waals surface area contributed by atoms with Gasteiger partial charge < -0.3 is 5.32 Å². The summed E-state index contributed by atoms with van der Waals surface area (Å²) >= 11 is 5.30. The van der Waals surface area contributed by atoms with Crippen LogP contribution in [0.15, 0.2) is 40.4 Å². The van der Waals surface area contributed by atoms with Crippen LogP contribution in [-0.2, 0) is 11.8 Å². The van der Waals surface area contributed by atoms with Gasteiger partial charge in [-0.1, -0.05) is 28.1 Å². The van der Waals surface area contributed by atoms with Crippen LogP contribution in [0.4, 0.5) is 0 Å². The number of nitrogens with zero attached hydrogens (tertiary/aromatic N) is 1. The van der Waals surface area contributed by atoms with E-state index in [4.69, 9.17) is 0 Å². The third-order valence-corrected chi connectivity index (χ3v) is 4.63. The molecule has 0 atom stereocenters. The summed E-state index contributed by atoms with van der Waals surface area (Å²) in [7, 11) is 0. The van der Waals surface area contributed by atoms with E-state index in [1.165, 1.54) is 10.4 Å². The lowest BCUT2D eigenvalue weighted by Crippen LogP contribution is -2.58.